The third kappa shape index (κ3) is 3.06. The molecule has 0 amide bonds. The molecule has 0 unspecified atom stereocenters. The van der Waals surface area contributed by atoms with Crippen LogP contribution in [0, 0.1) is 17.1 Å². The lowest BCUT2D eigenvalue weighted by atomic mass is 10.2. The van der Waals surface area contributed by atoms with Crippen molar-refractivity contribution in [3.05, 3.63) is 53.5 Å². The molecule has 96 valence electrons. The predicted molar refractivity (Wildman–Crippen MR) is 66.1 cm³/mol. The second-order valence-electron chi connectivity index (χ2n) is 3.96. The Balaban J connectivity index is 2.24. The number of hydrogen-bond donors (Lipinski definition) is 1. The average Bonchev–Trinajstić information content (AvgIpc) is 2.39. The van der Waals surface area contributed by atoms with Gasteiger partial charge >= 0.3 is 0 Å². The number of halogens is 1. The Morgan fingerprint density at radius 1 is 1.37 bits per heavy atom. The van der Waals surface area contributed by atoms with Crippen molar-refractivity contribution in [2.45, 2.75) is 13.0 Å². The summed E-state index contributed by atoms with van der Waals surface area (Å²) >= 11 is 0. The third-order valence-electron chi connectivity index (χ3n) is 2.52. The van der Waals surface area contributed by atoms with Crippen molar-refractivity contribution in [2.24, 2.45) is 0 Å². The zero-order valence-electron chi connectivity index (χ0n) is 10.2. The van der Waals surface area contributed by atoms with E-state index in [1.165, 1.54) is 18.3 Å². The van der Waals surface area contributed by atoms with Gasteiger partial charge in [-0.05, 0) is 30.7 Å². The first kappa shape index (κ1) is 13.0. The number of hydrogen-bond acceptors (Lipinski definition) is 4. The lowest BCUT2D eigenvalue weighted by molar-refractivity contribution is 0.198. The molecule has 4 nitrogen and oxygen atoms in total. The first-order chi connectivity index (χ1) is 9.10. The van der Waals surface area contributed by atoms with Gasteiger partial charge in [0.1, 0.15) is 17.6 Å². The molecule has 0 saturated heterocycles. The molecule has 0 saturated carbocycles. The van der Waals surface area contributed by atoms with Gasteiger partial charge in [-0.25, -0.2) is 9.37 Å². The monoisotopic (exact) mass is 258 g/mol. The Kier molecular flexibility index (Phi) is 3.74. The van der Waals surface area contributed by atoms with Gasteiger partial charge in [-0.2, -0.15) is 5.26 Å². The molecule has 0 radical (unpaired) electrons. The van der Waals surface area contributed by atoms with Gasteiger partial charge in [0.25, 0.3) is 0 Å². The van der Waals surface area contributed by atoms with Gasteiger partial charge in [-0.15, -0.1) is 0 Å². The number of pyridine rings is 1. The molecule has 1 atom stereocenters. The summed E-state index contributed by atoms with van der Waals surface area (Å²) in [7, 11) is 0. The summed E-state index contributed by atoms with van der Waals surface area (Å²) in [5.41, 5.74) is 0.608. The SMILES string of the molecule is C[C@H](O)c1ccnc(Oc2ccc(C#N)c(F)c2)c1. The Hall–Kier alpha value is -2.45. The van der Waals surface area contributed by atoms with Crippen molar-refractivity contribution < 1.29 is 14.2 Å². The maximum atomic E-state index is 13.4. The number of aliphatic hydroxyl groups excluding tert-OH is 1. The minimum atomic E-state index is -0.647. The van der Waals surface area contributed by atoms with Crippen molar-refractivity contribution in [2.75, 3.05) is 0 Å². The van der Waals surface area contributed by atoms with Gasteiger partial charge < -0.3 is 9.84 Å². The molecule has 0 bridgehead atoms. The molecular weight excluding hydrogens is 247 g/mol. The van der Waals surface area contributed by atoms with Crippen LogP contribution in [0.5, 0.6) is 11.6 Å². The largest absolute Gasteiger partial charge is 0.439 e. The van der Waals surface area contributed by atoms with Gasteiger partial charge in [-0.1, -0.05) is 0 Å². The molecule has 0 aliphatic carbocycles. The molecule has 1 aromatic heterocycles. The van der Waals surface area contributed by atoms with E-state index in [-0.39, 0.29) is 17.2 Å². The van der Waals surface area contributed by atoms with Crippen LogP contribution in [0.4, 0.5) is 4.39 Å². The zero-order valence-corrected chi connectivity index (χ0v) is 10.2. The molecule has 1 heterocycles. The number of rotatable bonds is 3. The molecule has 2 aromatic rings. The Labute approximate surface area is 109 Å². The van der Waals surface area contributed by atoms with E-state index in [1.807, 2.05) is 0 Å². The van der Waals surface area contributed by atoms with Crippen molar-refractivity contribution in [3.8, 4) is 17.7 Å². The van der Waals surface area contributed by atoms with Crippen LogP contribution in [0.3, 0.4) is 0 Å². The molecule has 0 aliphatic heterocycles. The first-order valence-electron chi connectivity index (χ1n) is 5.61. The van der Waals surface area contributed by atoms with Crippen LogP contribution in [0.25, 0.3) is 0 Å². The number of benzene rings is 1. The van der Waals surface area contributed by atoms with Gasteiger partial charge in [0.2, 0.25) is 5.88 Å². The summed E-state index contributed by atoms with van der Waals surface area (Å²) in [6.07, 6.45) is 0.861. The van der Waals surface area contributed by atoms with Crippen molar-refractivity contribution >= 4 is 0 Å². The highest BCUT2D eigenvalue weighted by Crippen LogP contribution is 2.23. The normalized spacial score (nSPS) is 11.7. The fourth-order valence-corrected chi connectivity index (χ4v) is 1.51. The second-order valence-corrected chi connectivity index (χ2v) is 3.96. The third-order valence-corrected chi connectivity index (χ3v) is 2.52. The highest BCUT2D eigenvalue weighted by atomic mass is 19.1. The van der Waals surface area contributed by atoms with Crippen LogP contribution in [0.15, 0.2) is 36.5 Å². The standard InChI is InChI=1S/C14H11FN2O2/c1-9(18)10-4-5-17-14(6-10)19-12-3-2-11(8-16)13(15)7-12/h2-7,9,18H,1H3/t9-/m0/s1. The Morgan fingerprint density at radius 3 is 2.79 bits per heavy atom. The number of nitrogens with zero attached hydrogens (tertiary/aromatic N) is 2. The predicted octanol–water partition coefficient (Wildman–Crippen LogP) is 2.94. The first-order valence-corrected chi connectivity index (χ1v) is 5.61. The lowest BCUT2D eigenvalue weighted by Gasteiger charge is -2.08. The molecule has 0 aliphatic rings. The fourth-order valence-electron chi connectivity index (χ4n) is 1.51. The molecule has 5 heteroatoms. The zero-order chi connectivity index (χ0) is 13.8. The fraction of sp³-hybridized carbons (Fsp3) is 0.143. The maximum absolute atomic E-state index is 13.4. The van der Waals surface area contributed by atoms with Crippen molar-refractivity contribution in [1.29, 1.82) is 5.26 Å². The molecule has 1 N–H and O–H groups in total. The van der Waals surface area contributed by atoms with Crippen LogP contribution < -0.4 is 4.74 Å². The summed E-state index contributed by atoms with van der Waals surface area (Å²) in [6, 6.07) is 8.91. The number of nitriles is 1. The van der Waals surface area contributed by atoms with Crippen LogP contribution in [-0.2, 0) is 0 Å². The number of ether oxygens (including phenoxy) is 1. The van der Waals surface area contributed by atoms with Crippen molar-refractivity contribution in [1.82, 2.24) is 4.98 Å². The van der Waals surface area contributed by atoms with Crippen molar-refractivity contribution in [3.63, 3.8) is 0 Å². The number of aliphatic hydroxyl groups is 1. The molecule has 0 spiro atoms. The molecule has 19 heavy (non-hydrogen) atoms. The van der Waals surface area contributed by atoms with E-state index < -0.39 is 11.9 Å². The molecule has 0 fully saturated rings. The van der Waals surface area contributed by atoms with E-state index in [1.54, 1.807) is 25.1 Å². The van der Waals surface area contributed by atoms with E-state index in [9.17, 15) is 9.50 Å². The minimum absolute atomic E-state index is 0.0435. The van der Waals surface area contributed by atoms with E-state index in [2.05, 4.69) is 4.98 Å². The average molecular weight is 258 g/mol. The van der Waals surface area contributed by atoms with Crippen LogP contribution >= 0.6 is 0 Å². The summed E-state index contributed by atoms with van der Waals surface area (Å²) < 4.78 is 18.8. The highest BCUT2D eigenvalue weighted by Gasteiger charge is 2.07. The Morgan fingerprint density at radius 2 is 2.16 bits per heavy atom. The molecular formula is C14H11FN2O2. The van der Waals surface area contributed by atoms with Gasteiger partial charge in [-0.3, -0.25) is 0 Å². The summed E-state index contributed by atoms with van der Waals surface area (Å²) in [5, 5.41) is 18.1. The smallest absolute Gasteiger partial charge is 0.219 e. The van der Waals surface area contributed by atoms with Crippen LogP contribution in [0.2, 0.25) is 0 Å². The second kappa shape index (κ2) is 5.46. The highest BCUT2D eigenvalue weighted by molar-refractivity contribution is 5.38. The van der Waals surface area contributed by atoms with Gasteiger partial charge in [0.05, 0.1) is 11.7 Å². The summed E-state index contributed by atoms with van der Waals surface area (Å²) in [5.74, 6) is -0.152. The van der Waals surface area contributed by atoms with E-state index in [4.69, 9.17) is 10.00 Å². The summed E-state index contributed by atoms with van der Waals surface area (Å²) in [4.78, 5) is 3.97. The van der Waals surface area contributed by atoms with Crippen LogP contribution in [0.1, 0.15) is 24.2 Å². The molecule has 2 rings (SSSR count). The van der Waals surface area contributed by atoms with Gasteiger partial charge in [0.15, 0.2) is 0 Å². The van der Waals surface area contributed by atoms with E-state index >= 15 is 0 Å². The Bertz CT molecular complexity index is 636. The number of aromatic nitrogens is 1. The summed E-state index contributed by atoms with van der Waals surface area (Å²) in [6.45, 7) is 1.63. The van der Waals surface area contributed by atoms with Crippen LogP contribution in [-0.4, -0.2) is 10.1 Å². The molecule has 1 aromatic carbocycles. The minimum Gasteiger partial charge on any atom is -0.439 e. The van der Waals surface area contributed by atoms with E-state index in [0.29, 0.717) is 5.56 Å². The maximum Gasteiger partial charge on any atom is 0.219 e. The quantitative estimate of drug-likeness (QED) is 0.919. The van der Waals surface area contributed by atoms with Gasteiger partial charge in [0, 0.05) is 18.3 Å². The topological polar surface area (TPSA) is 66.1 Å². The van der Waals surface area contributed by atoms with E-state index in [0.717, 1.165) is 6.07 Å². The lowest BCUT2D eigenvalue weighted by Crippen LogP contribution is -1.94.